The van der Waals surface area contributed by atoms with Gasteiger partial charge in [-0.05, 0) is 12.8 Å². The SMILES string of the molecule is CCCCCCCC(C)(CCCCCCC)C1=NCCN1. The maximum Gasteiger partial charge on any atom is 0.102 e. The van der Waals surface area contributed by atoms with Crippen LogP contribution in [0.3, 0.4) is 0 Å². The Morgan fingerprint density at radius 2 is 1.38 bits per heavy atom. The second-order valence-corrected chi connectivity index (χ2v) is 7.05. The van der Waals surface area contributed by atoms with Gasteiger partial charge in [-0.2, -0.15) is 0 Å². The topological polar surface area (TPSA) is 24.4 Å². The van der Waals surface area contributed by atoms with Crippen molar-refractivity contribution in [2.24, 2.45) is 10.4 Å². The molecule has 0 amide bonds. The molecule has 0 aromatic carbocycles. The van der Waals surface area contributed by atoms with Gasteiger partial charge in [0.15, 0.2) is 0 Å². The van der Waals surface area contributed by atoms with E-state index in [1.807, 2.05) is 0 Å². The van der Waals surface area contributed by atoms with Crippen LogP contribution in [0.1, 0.15) is 97.8 Å². The minimum atomic E-state index is 0.314. The third-order valence-electron chi connectivity index (χ3n) is 4.91. The Kier molecular flexibility index (Phi) is 9.78. The van der Waals surface area contributed by atoms with E-state index in [1.54, 1.807) is 0 Å². The van der Waals surface area contributed by atoms with Crippen LogP contribution >= 0.6 is 0 Å². The molecular weight excluding hydrogens is 256 g/mol. The summed E-state index contributed by atoms with van der Waals surface area (Å²) in [6.07, 6.45) is 16.4. The third kappa shape index (κ3) is 7.33. The van der Waals surface area contributed by atoms with Crippen LogP contribution < -0.4 is 5.32 Å². The standard InChI is InChI=1S/C19H38N2/c1-4-6-8-10-12-14-19(3,18-20-16-17-21-18)15-13-11-9-7-5-2/h4-17H2,1-3H3,(H,20,21). The van der Waals surface area contributed by atoms with Gasteiger partial charge in [0.1, 0.15) is 5.84 Å². The monoisotopic (exact) mass is 294 g/mol. The van der Waals surface area contributed by atoms with Gasteiger partial charge in [-0.15, -0.1) is 0 Å². The van der Waals surface area contributed by atoms with Crippen molar-refractivity contribution in [3.8, 4) is 0 Å². The Balaban J connectivity index is 2.35. The van der Waals surface area contributed by atoms with Crippen molar-refractivity contribution < 1.29 is 0 Å². The number of nitrogens with zero attached hydrogens (tertiary/aromatic N) is 1. The number of nitrogens with one attached hydrogen (secondary N) is 1. The van der Waals surface area contributed by atoms with Gasteiger partial charge >= 0.3 is 0 Å². The lowest BCUT2D eigenvalue weighted by molar-refractivity contribution is 0.350. The van der Waals surface area contributed by atoms with Gasteiger partial charge < -0.3 is 5.32 Å². The van der Waals surface area contributed by atoms with Gasteiger partial charge in [0.05, 0.1) is 6.54 Å². The van der Waals surface area contributed by atoms with E-state index in [4.69, 9.17) is 4.99 Å². The van der Waals surface area contributed by atoms with Crippen molar-refractivity contribution in [2.45, 2.75) is 97.8 Å². The summed E-state index contributed by atoms with van der Waals surface area (Å²) in [6, 6.07) is 0. The smallest absolute Gasteiger partial charge is 0.102 e. The van der Waals surface area contributed by atoms with Gasteiger partial charge in [0.2, 0.25) is 0 Å². The van der Waals surface area contributed by atoms with Gasteiger partial charge in [0.25, 0.3) is 0 Å². The Morgan fingerprint density at radius 3 is 1.81 bits per heavy atom. The summed E-state index contributed by atoms with van der Waals surface area (Å²) in [7, 11) is 0. The molecule has 124 valence electrons. The lowest BCUT2D eigenvalue weighted by atomic mass is 9.78. The molecule has 0 atom stereocenters. The molecule has 21 heavy (non-hydrogen) atoms. The number of hydrogen-bond acceptors (Lipinski definition) is 2. The summed E-state index contributed by atoms with van der Waals surface area (Å²) in [6.45, 7) is 9.06. The fraction of sp³-hybridized carbons (Fsp3) is 0.947. The van der Waals surface area contributed by atoms with E-state index in [1.165, 1.54) is 82.9 Å². The first-order valence-corrected chi connectivity index (χ1v) is 9.51. The van der Waals surface area contributed by atoms with Crippen molar-refractivity contribution >= 4 is 5.84 Å². The predicted octanol–water partition coefficient (Wildman–Crippen LogP) is 5.72. The van der Waals surface area contributed by atoms with E-state index in [0.717, 1.165) is 13.1 Å². The summed E-state index contributed by atoms with van der Waals surface area (Å²) >= 11 is 0. The van der Waals surface area contributed by atoms with Crippen LogP contribution in [0, 0.1) is 5.41 Å². The summed E-state index contributed by atoms with van der Waals surface area (Å²) in [5.41, 5.74) is 0.314. The minimum Gasteiger partial charge on any atom is -0.372 e. The van der Waals surface area contributed by atoms with Crippen molar-refractivity contribution in [3.05, 3.63) is 0 Å². The highest BCUT2D eigenvalue weighted by molar-refractivity contribution is 5.89. The van der Waals surface area contributed by atoms with Crippen LogP contribution in [0.5, 0.6) is 0 Å². The largest absolute Gasteiger partial charge is 0.372 e. The van der Waals surface area contributed by atoms with E-state index in [0.29, 0.717) is 5.41 Å². The summed E-state index contributed by atoms with van der Waals surface area (Å²) in [5.74, 6) is 1.31. The van der Waals surface area contributed by atoms with Crippen LogP contribution in [-0.2, 0) is 0 Å². The van der Waals surface area contributed by atoms with Gasteiger partial charge in [-0.1, -0.05) is 85.0 Å². The molecule has 0 bridgehead atoms. The number of hydrogen-bond donors (Lipinski definition) is 1. The summed E-state index contributed by atoms with van der Waals surface area (Å²) < 4.78 is 0. The Bertz CT molecular complexity index is 269. The molecule has 0 aromatic heterocycles. The first kappa shape index (κ1) is 18.5. The fourth-order valence-electron chi connectivity index (χ4n) is 3.40. The van der Waals surface area contributed by atoms with E-state index >= 15 is 0 Å². The highest BCUT2D eigenvalue weighted by atomic mass is 15.1. The van der Waals surface area contributed by atoms with Crippen LogP contribution in [-0.4, -0.2) is 18.9 Å². The molecule has 1 aliphatic heterocycles. The zero-order valence-electron chi connectivity index (χ0n) is 14.8. The lowest BCUT2D eigenvalue weighted by Crippen LogP contribution is -2.36. The molecule has 0 fully saturated rings. The summed E-state index contributed by atoms with van der Waals surface area (Å²) in [5, 5.41) is 3.55. The molecule has 0 unspecified atom stereocenters. The molecule has 0 spiro atoms. The van der Waals surface area contributed by atoms with E-state index in [9.17, 15) is 0 Å². The van der Waals surface area contributed by atoms with E-state index in [-0.39, 0.29) is 0 Å². The van der Waals surface area contributed by atoms with Crippen LogP contribution in [0.2, 0.25) is 0 Å². The number of aliphatic imine (C=N–C) groups is 1. The zero-order valence-corrected chi connectivity index (χ0v) is 14.8. The molecule has 0 aliphatic carbocycles. The van der Waals surface area contributed by atoms with E-state index < -0.39 is 0 Å². The summed E-state index contributed by atoms with van der Waals surface area (Å²) in [4.78, 5) is 4.74. The quantitative estimate of drug-likeness (QED) is 0.432. The number of amidine groups is 1. The lowest BCUT2D eigenvalue weighted by Gasteiger charge is -2.30. The maximum absolute atomic E-state index is 4.74. The molecule has 0 radical (unpaired) electrons. The second-order valence-electron chi connectivity index (χ2n) is 7.05. The minimum absolute atomic E-state index is 0.314. The average molecular weight is 295 g/mol. The molecule has 2 nitrogen and oxygen atoms in total. The fourth-order valence-corrected chi connectivity index (χ4v) is 3.40. The molecule has 0 saturated heterocycles. The number of rotatable bonds is 13. The zero-order chi connectivity index (χ0) is 15.4. The first-order valence-electron chi connectivity index (χ1n) is 9.51. The average Bonchev–Trinajstić information content (AvgIpc) is 3.02. The third-order valence-corrected chi connectivity index (χ3v) is 4.91. The first-order chi connectivity index (χ1) is 10.2. The molecule has 1 aliphatic rings. The van der Waals surface area contributed by atoms with Crippen LogP contribution in [0.25, 0.3) is 0 Å². The van der Waals surface area contributed by atoms with Crippen molar-refractivity contribution in [3.63, 3.8) is 0 Å². The Labute approximate surface area is 133 Å². The van der Waals surface area contributed by atoms with Crippen LogP contribution in [0.4, 0.5) is 0 Å². The molecule has 0 aromatic rings. The molecule has 1 heterocycles. The van der Waals surface area contributed by atoms with Crippen LogP contribution in [0.15, 0.2) is 4.99 Å². The molecule has 0 saturated carbocycles. The Morgan fingerprint density at radius 1 is 0.857 bits per heavy atom. The second kappa shape index (κ2) is 11.1. The van der Waals surface area contributed by atoms with Gasteiger partial charge in [-0.3, -0.25) is 4.99 Å². The number of unbranched alkanes of at least 4 members (excludes halogenated alkanes) is 8. The van der Waals surface area contributed by atoms with Gasteiger partial charge in [0, 0.05) is 12.0 Å². The highest BCUT2D eigenvalue weighted by Gasteiger charge is 2.31. The Hall–Kier alpha value is -0.530. The maximum atomic E-state index is 4.74. The van der Waals surface area contributed by atoms with Crippen molar-refractivity contribution in [1.82, 2.24) is 5.32 Å². The van der Waals surface area contributed by atoms with Gasteiger partial charge in [-0.25, -0.2) is 0 Å². The molecule has 2 heteroatoms. The predicted molar refractivity (Wildman–Crippen MR) is 95.2 cm³/mol. The molecular formula is C19H38N2. The molecule has 1 N–H and O–H groups in total. The van der Waals surface area contributed by atoms with E-state index in [2.05, 4.69) is 26.1 Å². The highest BCUT2D eigenvalue weighted by Crippen LogP contribution is 2.33. The van der Waals surface area contributed by atoms with Crippen molar-refractivity contribution in [1.29, 1.82) is 0 Å². The normalized spacial score (nSPS) is 15.1. The molecule has 1 rings (SSSR count). The van der Waals surface area contributed by atoms with Crippen molar-refractivity contribution in [2.75, 3.05) is 13.1 Å².